The monoisotopic (exact) mass is 463 g/mol. The Morgan fingerprint density at radius 2 is 1.03 bits per heavy atom. The molecule has 0 aliphatic carbocycles. The summed E-state index contributed by atoms with van der Waals surface area (Å²) in [7, 11) is 5.11. The van der Waals surface area contributed by atoms with E-state index in [9.17, 15) is 5.11 Å². The Labute approximate surface area is 205 Å². The van der Waals surface area contributed by atoms with Crippen LogP contribution in [0.5, 0.6) is 5.75 Å². The van der Waals surface area contributed by atoms with E-state index in [1.165, 1.54) is 43.1 Å². The van der Waals surface area contributed by atoms with E-state index in [2.05, 4.69) is 91.0 Å². The minimum Gasteiger partial charge on any atom is -0.508 e. The van der Waals surface area contributed by atoms with Crippen LogP contribution in [0.2, 0.25) is 0 Å². The van der Waals surface area contributed by atoms with Crippen LogP contribution in [-0.4, -0.2) is 12.7 Å². The molecule has 0 aromatic heterocycles. The lowest BCUT2D eigenvalue weighted by molar-refractivity contribution is 0.475. The molecule has 1 atom stereocenters. The fraction of sp³-hybridized carbons (Fsp3) is 0. The Hall–Kier alpha value is -3.87. The minimum absolute atomic E-state index is 0.245. The zero-order valence-corrected chi connectivity index (χ0v) is 19.9. The maximum Gasteiger partial charge on any atom is 0.383 e. The number of rotatable bonds is 3. The Bertz CT molecular complexity index is 1860. The molecule has 0 saturated carbocycles. The summed E-state index contributed by atoms with van der Waals surface area (Å²) in [5.74, 6) is 0.245. The van der Waals surface area contributed by atoms with E-state index in [0.29, 0.717) is 0 Å². The number of fused-ring (bicyclic) bond motifs is 2. The van der Waals surface area contributed by atoms with Gasteiger partial charge < -0.3 is 5.11 Å². The van der Waals surface area contributed by atoms with Gasteiger partial charge in [-0.05, 0) is 74.8 Å². The lowest BCUT2D eigenvalue weighted by atomic mass is 9.90. The lowest BCUT2D eigenvalue weighted by Crippen LogP contribution is -2.31. The summed E-state index contributed by atoms with van der Waals surface area (Å²) in [5.41, 5.74) is 0. The third-order valence-corrected chi connectivity index (χ3v) is 10.6. The molecule has 1 N–H and O–H groups in total. The van der Waals surface area contributed by atoms with Crippen LogP contribution < -0.4 is 15.9 Å². The largest absolute Gasteiger partial charge is 0.508 e. The number of phenols is 1. The fourth-order valence-corrected chi connectivity index (χ4v) is 8.72. The molecule has 2 radical (unpaired) electrons. The third-order valence-electron chi connectivity index (χ3n) is 7.29. The molecule has 7 rings (SSSR count). The van der Waals surface area contributed by atoms with Gasteiger partial charge in [0.2, 0.25) is 0 Å². The van der Waals surface area contributed by atoms with Gasteiger partial charge in [0.05, 0.1) is 23.1 Å². The van der Waals surface area contributed by atoms with Gasteiger partial charge in [-0.2, -0.15) is 0 Å². The molecule has 0 saturated heterocycles. The van der Waals surface area contributed by atoms with E-state index in [-0.39, 0.29) is 5.75 Å². The first-order chi connectivity index (χ1) is 17.2. The minimum atomic E-state index is -2.52. The Morgan fingerprint density at radius 3 is 1.71 bits per heavy atom. The summed E-state index contributed by atoms with van der Waals surface area (Å²) in [6.45, 7) is 0. The topological polar surface area (TPSA) is 20.2 Å². The van der Waals surface area contributed by atoms with Gasteiger partial charge in [-0.3, -0.25) is 0 Å². The number of hydrogen-bond acceptors (Lipinski definition) is 1. The number of phenolic OH excluding ortho intramolecular Hbond substituents is 1. The van der Waals surface area contributed by atoms with Gasteiger partial charge in [0.15, 0.2) is 0 Å². The highest BCUT2D eigenvalue weighted by molar-refractivity contribution is 8.13. The first-order valence-corrected chi connectivity index (χ1v) is 13.6. The zero-order chi connectivity index (χ0) is 23.6. The van der Waals surface area contributed by atoms with E-state index in [4.69, 9.17) is 7.57 Å². The smallest absolute Gasteiger partial charge is 0.383 e. The van der Waals surface area contributed by atoms with E-state index >= 15 is 0 Å². The summed E-state index contributed by atoms with van der Waals surface area (Å²) in [6, 6.07) is 42.1. The highest BCUT2D eigenvalue weighted by Crippen LogP contribution is 2.54. The van der Waals surface area contributed by atoms with Crippen molar-refractivity contribution in [2.75, 3.05) is 0 Å². The summed E-state index contributed by atoms with van der Waals surface area (Å²) in [4.78, 5) is 0. The molecule has 1 nitrogen and oxygen atoms in total. The average Bonchev–Trinajstić information content (AvgIpc) is 2.91. The molecular weight excluding hydrogens is 442 g/mol. The third kappa shape index (κ3) is 2.87. The van der Waals surface area contributed by atoms with Gasteiger partial charge >= 0.3 is 7.57 Å². The standard InChI is InChI=1S/C32H21BOP/c33-35(24-10-2-1-3-11-24,25-18-16-23(34)17-19-25)29-20-15-22-9-5-13-27-26-12-4-7-21-8-6-14-28(30(21)26)32(29)31(22)27/h1-20,34H/q+1. The van der Waals surface area contributed by atoms with Crippen molar-refractivity contribution in [1.29, 1.82) is 0 Å². The number of benzene rings is 7. The van der Waals surface area contributed by atoms with Crippen LogP contribution in [0.25, 0.3) is 43.1 Å². The second kappa shape index (κ2) is 7.57. The molecule has 0 aliphatic heterocycles. The second-order valence-electron chi connectivity index (χ2n) is 9.15. The molecule has 0 amide bonds. The average molecular weight is 463 g/mol. The van der Waals surface area contributed by atoms with Crippen LogP contribution >= 0.6 is 7.14 Å². The summed E-state index contributed by atoms with van der Waals surface area (Å²) < 4.78 is 0. The van der Waals surface area contributed by atoms with Gasteiger partial charge in [-0.1, -0.05) is 78.9 Å². The molecule has 1 unspecified atom stereocenters. The van der Waals surface area contributed by atoms with Crippen molar-refractivity contribution in [2.24, 2.45) is 0 Å². The maximum absolute atomic E-state index is 10.0. The van der Waals surface area contributed by atoms with Crippen molar-refractivity contribution >= 4 is 73.7 Å². The molecule has 0 bridgehead atoms. The zero-order valence-electron chi connectivity index (χ0n) is 19.0. The molecule has 7 aromatic carbocycles. The fourth-order valence-electron chi connectivity index (χ4n) is 5.71. The maximum atomic E-state index is 10.0. The lowest BCUT2D eigenvalue weighted by Gasteiger charge is -2.27. The first-order valence-electron chi connectivity index (χ1n) is 11.8. The van der Waals surface area contributed by atoms with E-state index in [1.54, 1.807) is 12.1 Å². The molecule has 35 heavy (non-hydrogen) atoms. The SMILES string of the molecule is [B][P+](c1ccccc1)(c1ccc(O)cc1)c1ccc2cccc3c4cccc5cccc(c1c23)c54. The Morgan fingerprint density at radius 1 is 0.457 bits per heavy atom. The molecular formula is C32H21BOP+. The van der Waals surface area contributed by atoms with Gasteiger partial charge in [0.1, 0.15) is 5.75 Å². The molecule has 0 spiro atoms. The Balaban J connectivity index is 1.73. The van der Waals surface area contributed by atoms with E-state index in [1.807, 2.05) is 18.2 Å². The van der Waals surface area contributed by atoms with Gasteiger partial charge in [0, 0.05) is 10.8 Å². The van der Waals surface area contributed by atoms with E-state index in [0.717, 1.165) is 15.9 Å². The van der Waals surface area contributed by atoms with Crippen LogP contribution in [-0.2, 0) is 0 Å². The van der Waals surface area contributed by atoms with Crippen molar-refractivity contribution in [3.05, 3.63) is 121 Å². The normalized spacial score (nSPS) is 13.6. The predicted octanol–water partition coefficient (Wildman–Crippen LogP) is 6.82. The molecule has 0 fully saturated rings. The highest BCUT2D eigenvalue weighted by Gasteiger charge is 2.42. The predicted molar refractivity (Wildman–Crippen MR) is 154 cm³/mol. The molecule has 7 aromatic rings. The highest BCUT2D eigenvalue weighted by atomic mass is 31.2. The van der Waals surface area contributed by atoms with Crippen LogP contribution in [0.4, 0.5) is 0 Å². The quantitative estimate of drug-likeness (QED) is 0.132. The molecule has 0 heterocycles. The Kier molecular flexibility index (Phi) is 4.43. The van der Waals surface area contributed by atoms with Crippen molar-refractivity contribution in [3.8, 4) is 5.75 Å². The number of aromatic hydroxyl groups is 1. The van der Waals surface area contributed by atoms with Crippen LogP contribution in [0.3, 0.4) is 0 Å². The number of hydrogen-bond donors (Lipinski definition) is 1. The van der Waals surface area contributed by atoms with Gasteiger partial charge in [-0.15, -0.1) is 0 Å². The molecule has 3 heteroatoms. The van der Waals surface area contributed by atoms with Gasteiger partial charge in [0.25, 0.3) is 0 Å². The van der Waals surface area contributed by atoms with Crippen molar-refractivity contribution in [2.45, 2.75) is 0 Å². The van der Waals surface area contributed by atoms with Crippen LogP contribution in [0, 0.1) is 0 Å². The van der Waals surface area contributed by atoms with Crippen molar-refractivity contribution in [1.82, 2.24) is 0 Å². The summed E-state index contributed by atoms with van der Waals surface area (Å²) in [6.07, 6.45) is 0. The van der Waals surface area contributed by atoms with Crippen molar-refractivity contribution in [3.63, 3.8) is 0 Å². The summed E-state index contributed by atoms with van der Waals surface area (Å²) in [5, 5.41) is 23.4. The van der Waals surface area contributed by atoms with Crippen LogP contribution in [0.15, 0.2) is 121 Å². The van der Waals surface area contributed by atoms with Crippen LogP contribution in [0.1, 0.15) is 0 Å². The van der Waals surface area contributed by atoms with Gasteiger partial charge in [-0.25, -0.2) is 0 Å². The second-order valence-corrected chi connectivity index (χ2v) is 12.1. The molecule has 0 aliphatic rings. The first kappa shape index (κ1) is 20.5. The van der Waals surface area contributed by atoms with E-state index < -0.39 is 7.14 Å². The van der Waals surface area contributed by atoms with Crippen molar-refractivity contribution < 1.29 is 5.11 Å². The summed E-state index contributed by atoms with van der Waals surface area (Å²) >= 11 is 0. The molecule has 162 valence electrons.